The first-order valence-corrected chi connectivity index (χ1v) is 8.04. The Morgan fingerprint density at radius 3 is 2.17 bits per heavy atom. The van der Waals surface area contributed by atoms with Gasteiger partial charge < -0.3 is 15.7 Å². The SMILES string of the molecule is Cc1cccc(C(=O)NC(C(=O)NC(C)C(C)C(=O)O)C(C)C)c1. The van der Waals surface area contributed by atoms with Crippen LogP contribution in [0.2, 0.25) is 0 Å². The lowest BCUT2D eigenvalue weighted by atomic mass is 9.99. The second-order valence-corrected chi connectivity index (χ2v) is 6.49. The van der Waals surface area contributed by atoms with E-state index in [1.54, 1.807) is 25.1 Å². The Morgan fingerprint density at radius 1 is 1.04 bits per heavy atom. The Balaban J connectivity index is 2.81. The largest absolute Gasteiger partial charge is 0.481 e. The summed E-state index contributed by atoms with van der Waals surface area (Å²) in [6.45, 7) is 8.70. The molecule has 3 unspecified atom stereocenters. The van der Waals surface area contributed by atoms with E-state index in [2.05, 4.69) is 10.6 Å². The summed E-state index contributed by atoms with van der Waals surface area (Å²) in [6.07, 6.45) is 0. The lowest BCUT2D eigenvalue weighted by Crippen LogP contribution is -2.53. The average molecular weight is 334 g/mol. The van der Waals surface area contributed by atoms with Crippen molar-refractivity contribution in [3.05, 3.63) is 35.4 Å². The Hall–Kier alpha value is -2.37. The lowest BCUT2D eigenvalue weighted by Gasteiger charge is -2.25. The predicted octanol–water partition coefficient (Wildman–Crippen LogP) is 1.97. The standard InChI is InChI=1S/C18H26N2O4/c1-10(2)15(17(22)19-13(5)12(4)18(23)24)20-16(21)14-8-6-7-11(3)9-14/h6-10,12-13,15H,1-5H3,(H,19,22)(H,20,21)(H,23,24). The van der Waals surface area contributed by atoms with Crippen molar-refractivity contribution in [2.45, 2.75) is 46.7 Å². The molecule has 0 aromatic heterocycles. The maximum absolute atomic E-state index is 12.4. The van der Waals surface area contributed by atoms with Crippen molar-refractivity contribution in [3.8, 4) is 0 Å². The molecule has 1 rings (SSSR count). The molecular formula is C18H26N2O4. The van der Waals surface area contributed by atoms with E-state index in [1.807, 2.05) is 26.8 Å². The zero-order valence-corrected chi connectivity index (χ0v) is 14.8. The molecule has 0 aliphatic rings. The smallest absolute Gasteiger partial charge is 0.308 e. The lowest BCUT2D eigenvalue weighted by molar-refractivity contribution is -0.142. The molecular weight excluding hydrogens is 308 g/mol. The highest BCUT2D eigenvalue weighted by molar-refractivity contribution is 5.97. The topological polar surface area (TPSA) is 95.5 Å². The van der Waals surface area contributed by atoms with Gasteiger partial charge in [-0.1, -0.05) is 31.5 Å². The zero-order valence-electron chi connectivity index (χ0n) is 14.8. The number of carboxylic acids is 1. The van der Waals surface area contributed by atoms with Crippen LogP contribution in [0.15, 0.2) is 24.3 Å². The quantitative estimate of drug-likeness (QED) is 0.710. The number of carbonyl (C=O) groups is 3. The summed E-state index contributed by atoms with van der Waals surface area (Å²) in [6, 6.07) is 5.84. The van der Waals surface area contributed by atoms with E-state index in [0.717, 1.165) is 5.56 Å². The molecule has 0 radical (unpaired) electrons. The fraction of sp³-hybridized carbons (Fsp3) is 0.500. The van der Waals surface area contributed by atoms with E-state index in [1.165, 1.54) is 6.92 Å². The first kappa shape index (κ1) is 19.7. The van der Waals surface area contributed by atoms with Gasteiger partial charge in [-0.15, -0.1) is 0 Å². The molecule has 0 bridgehead atoms. The number of carboxylic acid groups (broad SMARTS) is 1. The number of hydrogen-bond donors (Lipinski definition) is 3. The number of rotatable bonds is 7. The van der Waals surface area contributed by atoms with Crippen molar-refractivity contribution < 1.29 is 19.5 Å². The Morgan fingerprint density at radius 2 is 1.67 bits per heavy atom. The summed E-state index contributed by atoms with van der Waals surface area (Å²) in [5, 5.41) is 14.4. The third-order valence-electron chi connectivity index (χ3n) is 4.03. The number of benzene rings is 1. The minimum Gasteiger partial charge on any atom is -0.481 e. The molecule has 6 heteroatoms. The van der Waals surface area contributed by atoms with Gasteiger partial charge in [-0.3, -0.25) is 14.4 Å². The number of amides is 2. The molecule has 0 aliphatic carbocycles. The maximum Gasteiger partial charge on any atom is 0.308 e. The summed E-state index contributed by atoms with van der Waals surface area (Å²) < 4.78 is 0. The second kappa shape index (κ2) is 8.47. The molecule has 132 valence electrons. The van der Waals surface area contributed by atoms with Crippen LogP contribution in [0.4, 0.5) is 0 Å². The van der Waals surface area contributed by atoms with Gasteiger partial charge in [-0.05, 0) is 38.8 Å². The first-order chi connectivity index (χ1) is 11.1. The van der Waals surface area contributed by atoms with Gasteiger partial charge in [0.05, 0.1) is 5.92 Å². The summed E-state index contributed by atoms with van der Waals surface area (Å²) in [5.74, 6) is -2.54. The minimum atomic E-state index is -0.979. The molecule has 0 heterocycles. The van der Waals surface area contributed by atoms with Crippen LogP contribution >= 0.6 is 0 Å². The van der Waals surface area contributed by atoms with Crippen molar-refractivity contribution >= 4 is 17.8 Å². The maximum atomic E-state index is 12.4. The zero-order chi connectivity index (χ0) is 18.4. The van der Waals surface area contributed by atoms with Crippen molar-refractivity contribution in [3.63, 3.8) is 0 Å². The van der Waals surface area contributed by atoms with Crippen LogP contribution < -0.4 is 10.6 Å². The highest BCUT2D eigenvalue weighted by atomic mass is 16.4. The Bertz CT molecular complexity index is 613. The summed E-state index contributed by atoms with van der Waals surface area (Å²) in [5.41, 5.74) is 1.44. The molecule has 0 saturated carbocycles. The Kier molecular flexibility index (Phi) is 6.95. The van der Waals surface area contributed by atoms with Crippen LogP contribution in [0, 0.1) is 18.8 Å². The molecule has 1 aromatic carbocycles. The van der Waals surface area contributed by atoms with Crippen LogP contribution in [0.5, 0.6) is 0 Å². The molecule has 6 nitrogen and oxygen atoms in total. The number of aryl methyl sites for hydroxylation is 1. The van der Waals surface area contributed by atoms with E-state index < -0.39 is 24.0 Å². The number of aliphatic carboxylic acids is 1. The van der Waals surface area contributed by atoms with Crippen LogP contribution in [0.25, 0.3) is 0 Å². The highest BCUT2D eigenvalue weighted by Gasteiger charge is 2.28. The van der Waals surface area contributed by atoms with Gasteiger partial charge >= 0.3 is 5.97 Å². The van der Waals surface area contributed by atoms with E-state index in [9.17, 15) is 14.4 Å². The van der Waals surface area contributed by atoms with Gasteiger partial charge in [-0.25, -0.2) is 0 Å². The Labute approximate surface area is 142 Å². The van der Waals surface area contributed by atoms with E-state index in [0.29, 0.717) is 5.56 Å². The fourth-order valence-corrected chi connectivity index (χ4v) is 2.20. The monoisotopic (exact) mass is 334 g/mol. The second-order valence-electron chi connectivity index (χ2n) is 6.49. The van der Waals surface area contributed by atoms with Crippen molar-refractivity contribution in [2.75, 3.05) is 0 Å². The molecule has 3 atom stereocenters. The van der Waals surface area contributed by atoms with Crippen molar-refractivity contribution in [1.29, 1.82) is 0 Å². The highest BCUT2D eigenvalue weighted by Crippen LogP contribution is 2.09. The van der Waals surface area contributed by atoms with Gasteiger partial charge in [-0.2, -0.15) is 0 Å². The fourth-order valence-electron chi connectivity index (χ4n) is 2.20. The van der Waals surface area contributed by atoms with Gasteiger partial charge in [0.15, 0.2) is 0 Å². The predicted molar refractivity (Wildman–Crippen MR) is 91.7 cm³/mol. The molecule has 0 aliphatic heterocycles. The van der Waals surface area contributed by atoms with E-state index >= 15 is 0 Å². The van der Waals surface area contributed by atoms with Gasteiger partial charge in [0, 0.05) is 11.6 Å². The van der Waals surface area contributed by atoms with Gasteiger partial charge in [0.25, 0.3) is 5.91 Å². The van der Waals surface area contributed by atoms with Crippen LogP contribution in [0.1, 0.15) is 43.6 Å². The number of nitrogens with one attached hydrogen (secondary N) is 2. The van der Waals surface area contributed by atoms with Gasteiger partial charge in [0.1, 0.15) is 6.04 Å². The average Bonchev–Trinajstić information content (AvgIpc) is 2.50. The molecule has 0 fully saturated rings. The van der Waals surface area contributed by atoms with E-state index in [4.69, 9.17) is 5.11 Å². The van der Waals surface area contributed by atoms with Crippen LogP contribution in [-0.2, 0) is 9.59 Å². The normalized spacial score (nSPS) is 14.6. The summed E-state index contributed by atoms with van der Waals surface area (Å²) in [7, 11) is 0. The molecule has 0 spiro atoms. The molecule has 24 heavy (non-hydrogen) atoms. The minimum absolute atomic E-state index is 0.133. The molecule has 1 aromatic rings. The number of carbonyl (C=O) groups excluding carboxylic acids is 2. The van der Waals surface area contributed by atoms with Gasteiger partial charge in [0.2, 0.25) is 5.91 Å². The van der Waals surface area contributed by atoms with E-state index in [-0.39, 0.29) is 17.7 Å². The van der Waals surface area contributed by atoms with Crippen LogP contribution in [0.3, 0.4) is 0 Å². The summed E-state index contributed by atoms with van der Waals surface area (Å²) >= 11 is 0. The molecule has 2 amide bonds. The third kappa shape index (κ3) is 5.37. The third-order valence-corrected chi connectivity index (χ3v) is 4.03. The van der Waals surface area contributed by atoms with Crippen molar-refractivity contribution in [1.82, 2.24) is 10.6 Å². The van der Waals surface area contributed by atoms with Crippen molar-refractivity contribution in [2.24, 2.45) is 11.8 Å². The first-order valence-electron chi connectivity index (χ1n) is 8.04. The number of hydrogen-bond acceptors (Lipinski definition) is 3. The van der Waals surface area contributed by atoms with Crippen LogP contribution in [-0.4, -0.2) is 35.0 Å². The molecule has 0 saturated heterocycles. The summed E-state index contributed by atoms with van der Waals surface area (Å²) in [4.78, 5) is 35.8. The molecule has 3 N–H and O–H groups in total.